The monoisotopic (exact) mass is 446 g/mol. The predicted molar refractivity (Wildman–Crippen MR) is 121 cm³/mol. The van der Waals surface area contributed by atoms with Crippen LogP contribution >= 0.6 is 0 Å². The van der Waals surface area contributed by atoms with E-state index in [2.05, 4.69) is 15.1 Å². The lowest BCUT2D eigenvalue weighted by Gasteiger charge is -2.06. The average molecular weight is 446 g/mol. The van der Waals surface area contributed by atoms with Crippen LogP contribution in [-0.4, -0.2) is 56.3 Å². The van der Waals surface area contributed by atoms with E-state index in [4.69, 9.17) is 14.6 Å². The summed E-state index contributed by atoms with van der Waals surface area (Å²) < 4.78 is 28.8. The van der Waals surface area contributed by atoms with Gasteiger partial charge in [-0.25, -0.2) is 13.9 Å². The molecule has 0 bridgehead atoms. The van der Waals surface area contributed by atoms with E-state index < -0.39 is 0 Å². The van der Waals surface area contributed by atoms with E-state index in [9.17, 15) is 4.39 Å². The molecule has 5 aromatic rings. The number of benzene rings is 1. The van der Waals surface area contributed by atoms with Gasteiger partial charge in [0, 0.05) is 42.9 Å². The Kier molecular flexibility index (Phi) is 6.05. The van der Waals surface area contributed by atoms with Crippen molar-refractivity contribution in [2.24, 2.45) is 0 Å². The number of aromatic nitrogens is 6. The maximum Gasteiger partial charge on any atom is 0.153 e. The Bertz CT molecular complexity index is 1400. The fourth-order valence-corrected chi connectivity index (χ4v) is 3.69. The van der Waals surface area contributed by atoms with E-state index in [0.29, 0.717) is 49.5 Å². The second-order valence-electron chi connectivity index (χ2n) is 7.65. The minimum absolute atomic E-state index is 0.290. The van der Waals surface area contributed by atoms with E-state index in [1.54, 1.807) is 30.2 Å². The standard InChI is InChI=1S/C24H23FN6O2/c1-32-9-10-33-8-7-30-16-19(14-28-30)22-4-5-24-27-15-20(31(24)29-22)12-18-11-17-3-2-6-26-23(17)13-21(18)25/h2-6,11,13-16H,7-10,12H2,1H3. The zero-order valence-electron chi connectivity index (χ0n) is 18.2. The zero-order chi connectivity index (χ0) is 22.6. The molecule has 0 saturated heterocycles. The second kappa shape index (κ2) is 9.43. The summed E-state index contributed by atoms with van der Waals surface area (Å²) in [5.41, 5.74) is 4.36. The van der Waals surface area contributed by atoms with Crippen LogP contribution in [-0.2, 0) is 22.4 Å². The van der Waals surface area contributed by atoms with E-state index in [0.717, 1.165) is 22.3 Å². The molecular weight excluding hydrogens is 423 g/mol. The molecule has 0 unspecified atom stereocenters. The number of imidazole rings is 1. The molecule has 5 rings (SSSR count). The molecule has 0 aliphatic rings. The molecule has 0 atom stereocenters. The van der Waals surface area contributed by atoms with Crippen molar-refractivity contribution in [1.82, 2.24) is 29.4 Å². The first kappa shape index (κ1) is 21.2. The van der Waals surface area contributed by atoms with Gasteiger partial charge in [-0.2, -0.15) is 10.2 Å². The molecule has 0 fully saturated rings. The van der Waals surface area contributed by atoms with Crippen LogP contribution < -0.4 is 0 Å². The maximum atomic E-state index is 14.7. The highest BCUT2D eigenvalue weighted by atomic mass is 19.1. The molecule has 0 amide bonds. The molecule has 33 heavy (non-hydrogen) atoms. The topological polar surface area (TPSA) is 79.4 Å². The van der Waals surface area contributed by atoms with Crippen molar-refractivity contribution < 1.29 is 13.9 Å². The summed E-state index contributed by atoms with van der Waals surface area (Å²) in [4.78, 5) is 8.65. The highest BCUT2D eigenvalue weighted by Gasteiger charge is 2.12. The molecule has 0 aliphatic heterocycles. The van der Waals surface area contributed by atoms with Gasteiger partial charge < -0.3 is 9.47 Å². The van der Waals surface area contributed by atoms with Crippen molar-refractivity contribution in [3.63, 3.8) is 0 Å². The van der Waals surface area contributed by atoms with Gasteiger partial charge in [-0.3, -0.25) is 9.67 Å². The molecule has 0 spiro atoms. The number of hydrogen-bond donors (Lipinski definition) is 0. The summed E-state index contributed by atoms with van der Waals surface area (Å²) >= 11 is 0. The Morgan fingerprint density at radius 1 is 1.03 bits per heavy atom. The van der Waals surface area contributed by atoms with Crippen LogP contribution in [0.4, 0.5) is 4.39 Å². The number of halogens is 1. The third-order valence-electron chi connectivity index (χ3n) is 5.40. The molecule has 1 aromatic carbocycles. The molecular formula is C24H23FN6O2. The number of pyridine rings is 1. The van der Waals surface area contributed by atoms with Gasteiger partial charge in [-0.1, -0.05) is 6.07 Å². The Labute approximate surface area is 189 Å². The Morgan fingerprint density at radius 2 is 1.97 bits per heavy atom. The maximum absolute atomic E-state index is 14.7. The predicted octanol–water partition coefficient (Wildman–Crippen LogP) is 3.53. The molecule has 9 heteroatoms. The normalized spacial score (nSPS) is 11.6. The van der Waals surface area contributed by atoms with Crippen LogP contribution in [0.3, 0.4) is 0 Å². The quantitative estimate of drug-likeness (QED) is 0.322. The van der Waals surface area contributed by atoms with Crippen LogP contribution in [0, 0.1) is 5.82 Å². The average Bonchev–Trinajstić information content (AvgIpc) is 3.46. The molecule has 8 nitrogen and oxygen atoms in total. The molecule has 0 N–H and O–H groups in total. The smallest absolute Gasteiger partial charge is 0.153 e. The highest BCUT2D eigenvalue weighted by molar-refractivity contribution is 5.79. The first-order valence-electron chi connectivity index (χ1n) is 10.7. The van der Waals surface area contributed by atoms with Crippen molar-refractivity contribution in [2.75, 3.05) is 26.9 Å². The number of nitrogens with zero attached hydrogens (tertiary/aromatic N) is 6. The Hall–Kier alpha value is -3.69. The van der Waals surface area contributed by atoms with Gasteiger partial charge in [0.2, 0.25) is 0 Å². The number of hydrogen-bond acceptors (Lipinski definition) is 6. The number of ether oxygens (including phenoxy) is 2. The molecule has 0 radical (unpaired) electrons. The van der Waals surface area contributed by atoms with E-state index in [1.807, 2.05) is 41.2 Å². The van der Waals surface area contributed by atoms with Gasteiger partial charge in [-0.15, -0.1) is 0 Å². The summed E-state index contributed by atoms with van der Waals surface area (Å²) in [6.45, 7) is 2.32. The SMILES string of the molecule is COCCOCCn1cc(-c2ccc3ncc(Cc4cc5cccnc5cc4F)n3n2)cn1. The molecule has 4 heterocycles. The van der Waals surface area contributed by atoms with Crippen molar-refractivity contribution in [1.29, 1.82) is 0 Å². The number of rotatable bonds is 9. The summed E-state index contributed by atoms with van der Waals surface area (Å²) in [5, 5.41) is 10.0. The van der Waals surface area contributed by atoms with E-state index in [-0.39, 0.29) is 5.82 Å². The summed E-state index contributed by atoms with van der Waals surface area (Å²) in [6.07, 6.45) is 7.47. The minimum Gasteiger partial charge on any atom is -0.382 e. The van der Waals surface area contributed by atoms with Crippen molar-refractivity contribution >= 4 is 16.6 Å². The van der Waals surface area contributed by atoms with E-state index >= 15 is 0 Å². The van der Waals surface area contributed by atoms with Crippen molar-refractivity contribution in [3.05, 3.63) is 78.3 Å². The van der Waals surface area contributed by atoms with Crippen LogP contribution in [0.5, 0.6) is 0 Å². The van der Waals surface area contributed by atoms with Gasteiger partial charge in [-0.05, 0) is 29.8 Å². The molecule has 4 aromatic heterocycles. The van der Waals surface area contributed by atoms with Crippen molar-refractivity contribution in [2.45, 2.75) is 13.0 Å². The lowest BCUT2D eigenvalue weighted by Crippen LogP contribution is -2.09. The summed E-state index contributed by atoms with van der Waals surface area (Å²) in [7, 11) is 1.65. The lowest BCUT2D eigenvalue weighted by atomic mass is 10.1. The zero-order valence-corrected chi connectivity index (χ0v) is 18.2. The summed E-state index contributed by atoms with van der Waals surface area (Å²) in [6, 6.07) is 10.9. The third kappa shape index (κ3) is 4.59. The third-order valence-corrected chi connectivity index (χ3v) is 5.40. The number of methoxy groups -OCH3 is 1. The van der Waals surface area contributed by atoms with Gasteiger partial charge >= 0.3 is 0 Å². The molecule has 0 saturated carbocycles. The minimum atomic E-state index is -0.290. The number of fused-ring (bicyclic) bond motifs is 2. The van der Waals surface area contributed by atoms with Crippen LogP contribution in [0.1, 0.15) is 11.3 Å². The fourth-order valence-electron chi connectivity index (χ4n) is 3.69. The largest absolute Gasteiger partial charge is 0.382 e. The van der Waals surface area contributed by atoms with E-state index in [1.165, 1.54) is 6.07 Å². The van der Waals surface area contributed by atoms with Crippen LogP contribution in [0.25, 0.3) is 27.8 Å². The van der Waals surface area contributed by atoms with Crippen molar-refractivity contribution in [3.8, 4) is 11.3 Å². The van der Waals surface area contributed by atoms with Gasteiger partial charge in [0.1, 0.15) is 5.82 Å². The Morgan fingerprint density at radius 3 is 2.88 bits per heavy atom. The van der Waals surface area contributed by atoms with Gasteiger partial charge in [0.15, 0.2) is 5.65 Å². The molecule has 168 valence electrons. The Balaban J connectivity index is 1.37. The van der Waals surface area contributed by atoms with Gasteiger partial charge in [0.25, 0.3) is 0 Å². The first-order chi connectivity index (χ1) is 16.2. The fraction of sp³-hybridized carbons (Fsp3) is 0.250. The second-order valence-corrected chi connectivity index (χ2v) is 7.65. The summed E-state index contributed by atoms with van der Waals surface area (Å²) in [5.74, 6) is -0.290. The first-order valence-corrected chi connectivity index (χ1v) is 10.7. The van der Waals surface area contributed by atoms with Crippen LogP contribution in [0.15, 0.2) is 61.2 Å². The van der Waals surface area contributed by atoms with Crippen LogP contribution in [0.2, 0.25) is 0 Å². The lowest BCUT2D eigenvalue weighted by molar-refractivity contribution is 0.0654. The highest BCUT2D eigenvalue weighted by Crippen LogP contribution is 2.22. The molecule has 0 aliphatic carbocycles. The van der Waals surface area contributed by atoms with Gasteiger partial charge in [0.05, 0.1) is 55.7 Å².